The summed E-state index contributed by atoms with van der Waals surface area (Å²) in [6.45, 7) is 3.96. The van der Waals surface area contributed by atoms with Gasteiger partial charge in [0.15, 0.2) is 5.16 Å². The normalized spacial score (nSPS) is 12.7. The summed E-state index contributed by atoms with van der Waals surface area (Å²) in [7, 11) is 0. The summed E-state index contributed by atoms with van der Waals surface area (Å²) in [6.07, 6.45) is 6.49. The van der Waals surface area contributed by atoms with E-state index in [-0.39, 0.29) is 5.41 Å². The molecule has 18 heavy (non-hydrogen) atoms. The van der Waals surface area contributed by atoms with Gasteiger partial charge in [-0.3, -0.25) is 0 Å². The number of thioether (sulfide) groups is 1. The number of amidine groups is 1. The number of nitrogens with two attached hydrogens (primary N) is 1. The van der Waals surface area contributed by atoms with Gasteiger partial charge in [-0.1, -0.05) is 37.2 Å². The molecule has 0 bridgehead atoms. The van der Waals surface area contributed by atoms with Crippen LogP contribution in [-0.4, -0.2) is 26.8 Å². The van der Waals surface area contributed by atoms with Crippen LogP contribution in [-0.2, 0) is 0 Å². The van der Waals surface area contributed by atoms with Crippen molar-refractivity contribution in [3.8, 4) is 0 Å². The first-order valence-electron chi connectivity index (χ1n) is 5.94. The molecule has 100 valence electrons. The maximum Gasteiger partial charge on any atom is 0.187 e. The van der Waals surface area contributed by atoms with Crippen molar-refractivity contribution in [2.24, 2.45) is 16.3 Å². The molecule has 0 atom stereocenters. The SMILES string of the molecule is CC(C)(CCCCSc1ncccn1)/C(N)=N/O. The van der Waals surface area contributed by atoms with Gasteiger partial charge in [0.05, 0.1) is 0 Å². The fourth-order valence-corrected chi connectivity index (χ4v) is 2.26. The molecular weight excluding hydrogens is 248 g/mol. The molecular formula is C12H20N4OS. The molecule has 3 N–H and O–H groups in total. The number of rotatable bonds is 7. The fraction of sp³-hybridized carbons (Fsp3) is 0.583. The summed E-state index contributed by atoms with van der Waals surface area (Å²) in [5, 5.41) is 12.6. The van der Waals surface area contributed by atoms with Gasteiger partial charge in [0.2, 0.25) is 0 Å². The van der Waals surface area contributed by atoms with Gasteiger partial charge in [-0.2, -0.15) is 0 Å². The molecule has 6 heteroatoms. The first-order valence-corrected chi connectivity index (χ1v) is 6.92. The van der Waals surface area contributed by atoms with Crippen molar-refractivity contribution in [1.82, 2.24) is 9.97 Å². The van der Waals surface area contributed by atoms with Gasteiger partial charge in [-0.15, -0.1) is 0 Å². The highest BCUT2D eigenvalue weighted by molar-refractivity contribution is 7.99. The van der Waals surface area contributed by atoms with Crippen LogP contribution >= 0.6 is 11.8 Å². The third-order valence-electron chi connectivity index (χ3n) is 2.77. The Labute approximate surface area is 112 Å². The van der Waals surface area contributed by atoms with E-state index < -0.39 is 0 Å². The third kappa shape index (κ3) is 4.91. The lowest BCUT2D eigenvalue weighted by Gasteiger charge is -2.22. The van der Waals surface area contributed by atoms with Crippen molar-refractivity contribution in [1.29, 1.82) is 0 Å². The Morgan fingerprint density at radius 3 is 2.67 bits per heavy atom. The van der Waals surface area contributed by atoms with E-state index in [0.717, 1.165) is 30.2 Å². The standard InChI is InChI=1S/C12H20N4OS/c1-12(2,10(13)16-17)6-3-4-9-18-11-14-7-5-8-15-11/h5,7-8,17H,3-4,6,9H2,1-2H3,(H2,13,16). The largest absolute Gasteiger partial charge is 0.409 e. The summed E-state index contributed by atoms with van der Waals surface area (Å²) in [5.74, 6) is 1.28. The predicted molar refractivity (Wildman–Crippen MR) is 73.8 cm³/mol. The number of oxime groups is 1. The van der Waals surface area contributed by atoms with Gasteiger partial charge in [0.25, 0.3) is 0 Å². The summed E-state index contributed by atoms with van der Waals surface area (Å²) in [4.78, 5) is 8.29. The van der Waals surface area contributed by atoms with Gasteiger partial charge < -0.3 is 10.9 Å². The van der Waals surface area contributed by atoms with Crippen LogP contribution < -0.4 is 5.73 Å². The molecule has 0 aromatic carbocycles. The summed E-state index contributed by atoms with van der Waals surface area (Å²) < 4.78 is 0. The molecule has 0 aliphatic rings. The van der Waals surface area contributed by atoms with E-state index in [1.165, 1.54) is 0 Å². The minimum atomic E-state index is -0.247. The third-order valence-corrected chi connectivity index (χ3v) is 3.73. The van der Waals surface area contributed by atoms with Crippen LogP contribution in [0, 0.1) is 5.41 Å². The van der Waals surface area contributed by atoms with Crippen molar-refractivity contribution < 1.29 is 5.21 Å². The fourth-order valence-electron chi connectivity index (χ4n) is 1.46. The van der Waals surface area contributed by atoms with Gasteiger partial charge in [0.1, 0.15) is 5.84 Å². The minimum absolute atomic E-state index is 0.247. The molecule has 1 heterocycles. The Morgan fingerprint density at radius 1 is 1.39 bits per heavy atom. The second-order valence-corrected chi connectivity index (χ2v) is 5.77. The zero-order valence-corrected chi connectivity index (χ0v) is 11.7. The molecule has 0 saturated carbocycles. The van der Waals surface area contributed by atoms with Gasteiger partial charge in [-0.25, -0.2) is 9.97 Å². The average Bonchev–Trinajstić information content (AvgIpc) is 2.38. The molecule has 0 spiro atoms. The lowest BCUT2D eigenvalue weighted by molar-refractivity contribution is 0.304. The maximum atomic E-state index is 8.66. The Hall–Kier alpha value is -1.30. The molecule has 1 aromatic rings. The molecule has 0 fully saturated rings. The maximum absolute atomic E-state index is 8.66. The molecule has 0 saturated heterocycles. The van der Waals surface area contributed by atoms with Crippen LogP contribution in [0.2, 0.25) is 0 Å². The van der Waals surface area contributed by atoms with E-state index in [4.69, 9.17) is 10.9 Å². The zero-order valence-electron chi connectivity index (χ0n) is 10.8. The van der Waals surface area contributed by atoms with Crippen LogP contribution in [0.4, 0.5) is 0 Å². The monoisotopic (exact) mass is 268 g/mol. The molecule has 5 nitrogen and oxygen atoms in total. The topological polar surface area (TPSA) is 84.4 Å². The Morgan fingerprint density at radius 2 is 2.06 bits per heavy atom. The molecule has 0 aliphatic heterocycles. The molecule has 0 amide bonds. The Bertz CT molecular complexity index is 381. The predicted octanol–water partition coefficient (Wildman–Crippen LogP) is 2.51. The number of unbranched alkanes of at least 4 members (excludes halogenated alkanes) is 1. The highest BCUT2D eigenvalue weighted by Gasteiger charge is 2.22. The van der Waals surface area contributed by atoms with Gasteiger partial charge >= 0.3 is 0 Å². The number of hydrogen-bond donors (Lipinski definition) is 2. The van der Waals surface area contributed by atoms with E-state index in [1.807, 2.05) is 19.9 Å². The Balaban J connectivity index is 2.20. The molecule has 0 unspecified atom stereocenters. The highest BCUT2D eigenvalue weighted by atomic mass is 32.2. The second-order valence-electron chi connectivity index (χ2n) is 4.71. The summed E-state index contributed by atoms with van der Waals surface area (Å²) in [6, 6.07) is 1.81. The van der Waals surface area contributed by atoms with Gasteiger partial charge in [0, 0.05) is 23.6 Å². The Kier molecular flexibility index (Phi) is 5.91. The number of aromatic nitrogens is 2. The summed E-state index contributed by atoms with van der Waals surface area (Å²) in [5.41, 5.74) is 5.38. The molecule has 0 radical (unpaired) electrons. The average molecular weight is 268 g/mol. The molecule has 1 aromatic heterocycles. The van der Waals surface area contributed by atoms with Gasteiger partial charge in [-0.05, 0) is 18.9 Å². The quantitative estimate of drug-likeness (QED) is 0.151. The van der Waals surface area contributed by atoms with Crippen LogP contribution in [0.3, 0.4) is 0 Å². The van der Waals surface area contributed by atoms with Crippen molar-refractivity contribution in [2.45, 2.75) is 38.3 Å². The van der Waals surface area contributed by atoms with Crippen molar-refractivity contribution in [3.63, 3.8) is 0 Å². The zero-order chi connectivity index (χ0) is 13.4. The smallest absolute Gasteiger partial charge is 0.187 e. The van der Waals surface area contributed by atoms with E-state index in [2.05, 4.69) is 15.1 Å². The van der Waals surface area contributed by atoms with E-state index in [0.29, 0.717) is 5.84 Å². The number of nitrogens with zero attached hydrogens (tertiary/aromatic N) is 3. The molecule has 1 rings (SSSR count). The lowest BCUT2D eigenvalue weighted by atomic mass is 9.86. The second kappa shape index (κ2) is 7.20. The minimum Gasteiger partial charge on any atom is -0.409 e. The van der Waals surface area contributed by atoms with Crippen LogP contribution in [0.1, 0.15) is 33.1 Å². The number of hydrogen-bond acceptors (Lipinski definition) is 5. The highest BCUT2D eigenvalue weighted by Crippen LogP contribution is 2.24. The van der Waals surface area contributed by atoms with Crippen LogP contribution in [0.5, 0.6) is 0 Å². The van der Waals surface area contributed by atoms with Crippen LogP contribution in [0.15, 0.2) is 28.8 Å². The lowest BCUT2D eigenvalue weighted by Crippen LogP contribution is -2.31. The van der Waals surface area contributed by atoms with E-state index in [9.17, 15) is 0 Å². The van der Waals surface area contributed by atoms with E-state index in [1.54, 1.807) is 24.2 Å². The van der Waals surface area contributed by atoms with Crippen molar-refractivity contribution in [2.75, 3.05) is 5.75 Å². The first kappa shape index (κ1) is 14.8. The first-order chi connectivity index (χ1) is 8.56. The van der Waals surface area contributed by atoms with Crippen molar-refractivity contribution in [3.05, 3.63) is 18.5 Å². The van der Waals surface area contributed by atoms with E-state index >= 15 is 0 Å². The summed E-state index contributed by atoms with van der Waals surface area (Å²) >= 11 is 1.65. The van der Waals surface area contributed by atoms with Crippen LogP contribution in [0.25, 0.3) is 0 Å². The molecule has 0 aliphatic carbocycles. The van der Waals surface area contributed by atoms with Crippen molar-refractivity contribution >= 4 is 17.6 Å².